The van der Waals surface area contributed by atoms with Crippen molar-refractivity contribution in [3.8, 4) is 11.4 Å². The topological polar surface area (TPSA) is 69.6 Å². The van der Waals surface area contributed by atoms with Gasteiger partial charge in [0.05, 0.1) is 16.2 Å². The van der Waals surface area contributed by atoms with Crippen LogP contribution in [0.3, 0.4) is 0 Å². The number of anilines is 1. The lowest BCUT2D eigenvalue weighted by molar-refractivity contribution is 0.305. The van der Waals surface area contributed by atoms with Crippen LogP contribution in [0.5, 0.6) is 0 Å². The van der Waals surface area contributed by atoms with E-state index >= 15 is 0 Å². The molecule has 2 rings (SSSR count). The number of hydrogen-bond acceptors (Lipinski definition) is 4. The first-order chi connectivity index (χ1) is 8.45. The molecule has 2 aromatic rings. The van der Waals surface area contributed by atoms with E-state index in [1.54, 1.807) is 12.1 Å². The summed E-state index contributed by atoms with van der Waals surface area (Å²) in [7, 11) is 0. The largest absolute Gasteiger partial charge is 0.398 e. The molecule has 0 saturated heterocycles. The van der Waals surface area contributed by atoms with Crippen LogP contribution >= 0.6 is 11.6 Å². The molecule has 1 aromatic carbocycles. The summed E-state index contributed by atoms with van der Waals surface area (Å²) in [4.78, 5) is 0. The number of benzene rings is 1. The second-order valence-corrected chi connectivity index (χ2v) is 5.22. The summed E-state index contributed by atoms with van der Waals surface area (Å²) in [6, 6.07) is 5.41. The Labute approximate surface area is 111 Å². The van der Waals surface area contributed by atoms with Crippen LogP contribution in [0.25, 0.3) is 11.4 Å². The zero-order valence-corrected chi connectivity index (χ0v) is 11.4. The predicted octanol–water partition coefficient (Wildman–Crippen LogP) is 2.72. The molecule has 0 fully saturated rings. The van der Waals surface area contributed by atoms with Gasteiger partial charge in [-0.15, -0.1) is 5.10 Å². The Balaban J connectivity index is 2.52. The van der Waals surface area contributed by atoms with E-state index in [1.807, 2.05) is 10.7 Å². The number of tetrazole rings is 1. The Bertz CT molecular complexity index is 561. The van der Waals surface area contributed by atoms with Crippen molar-refractivity contribution < 1.29 is 0 Å². The van der Waals surface area contributed by atoms with Crippen LogP contribution in [0.4, 0.5) is 5.69 Å². The van der Waals surface area contributed by atoms with Crippen molar-refractivity contribution in [3.05, 3.63) is 23.2 Å². The first-order valence-corrected chi connectivity index (χ1v) is 6.18. The molecule has 0 aliphatic rings. The molecule has 0 aliphatic heterocycles. The molecule has 0 atom stereocenters. The van der Waals surface area contributed by atoms with Gasteiger partial charge < -0.3 is 5.73 Å². The number of halogens is 1. The molecule has 0 unspecified atom stereocenters. The van der Waals surface area contributed by atoms with Gasteiger partial charge >= 0.3 is 0 Å². The summed E-state index contributed by atoms with van der Waals surface area (Å²) >= 11 is 5.92. The Kier molecular flexibility index (Phi) is 3.26. The molecule has 1 heterocycles. The maximum Gasteiger partial charge on any atom is 0.182 e. The van der Waals surface area contributed by atoms with Gasteiger partial charge in [-0.05, 0) is 48.9 Å². The number of hydrogen-bond donors (Lipinski definition) is 1. The summed E-state index contributed by atoms with van der Waals surface area (Å²) in [6.07, 6.45) is 0.925. The molecule has 0 spiro atoms. The normalized spacial score (nSPS) is 11.8. The van der Waals surface area contributed by atoms with Gasteiger partial charge in [-0.2, -0.15) is 0 Å². The lowest BCUT2D eigenvalue weighted by atomic mass is 10.0. The minimum atomic E-state index is -0.146. The fourth-order valence-electron chi connectivity index (χ4n) is 1.61. The average molecular weight is 266 g/mol. The number of aromatic nitrogens is 4. The molecule has 5 nitrogen and oxygen atoms in total. The average Bonchev–Trinajstić information content (AvgIpc) is 2.82. The molecule has 18 heavy (non-hydrogen) atoms. The van der Waals surface area contributed by atoms with Crippen LogP contribution in [0.1, 0.15) is 27.2 Å². The van der Waals surface area contributed by atoms with Crippen LogP contribution < -0.4 is 5.73 Å². The molecular formula is C12H16ClN5. The molecule has 96 valence electrons. The molecule has 6 heteroatoms. The zero-order valence-electron chi connectivity index (χ0n) is 10.7. The van der Waals surface area contributed by atoms with Crippen molar-refractivity contribution in [2.75, 3.05) is 5.73 Å². The van der Waals surface area contributed by atoms with Crippen molar-refractivity contribution in [2.45, 2.75) is 32.7 Å². The summed E-state index contributed by atoms with van der Waals surface area (Å²) in [5.41, 5.74) is 7.05. The van der Waals surface area contributed by atoms with Crippen LogP contribution in [0, 0.1) is 0 Å². The van der Waals surface area contributed by atoms with Gasteiger partial charge in [-0.1, -0.05) is 18.5 Å². The Morgan fingerprint density at radius 2 is 2.11 bits per heavy atom. The SMILES string of the molecule is CCC(C)(C)n1nnnc1-c1ccc(Cl)c(N)c1. The first-order valence-electron chi connectivity index (χ1n) is 5.80. The van der Waals surface area contributed by atoms with E-state index in [4.69, 9.17) is 17.3 Å². The number of rotatable bonds is 3. The minimum Gasteiger partial charge on any atom is -0.398 e. The molecule has 1 aromatic heterocycles. The highest BCUT2D eigenvalue weighted by Gasteiger charge is 2.24. The summed E-state index contributed by atoms with van der Waals surface area (Å²) < 4.78 is 1.82. The first kappa shape index (κ1) is 12.8. The zero-order chi connectivity index (χ0) is 13.3. The molecule has 0 aliphatic carbocycles. The number of nitrogens with two attached hydrogens (primary N) is 1. The highest BCUT2D eigenvalue weighted by atomic mass is 35.5. The fraction of sp³-hybridized carbons (Fsp3) is 0.417. The number of nitrogens with zero attached hydrogens (tertiary/aromatic N) is 4. The van der Waals surface area contributed by atoms with E-state index in [0.717, 1.165) is 12.0 Å². The van der Waals surface area contributed by atoms with E-state index in [-0.39, 0.29) is 5.54 Å². The maximum absolute atomic E-state index is 5.92. The van der Waals surface area contributed by atoms with Crippen LogP contribution in [-0.4, -0.2) is 20.2 Å². The molecule has 0 bridgehead atoms. The summed E-state index contributed by atoms with van der Waals surface area (Å²) in [5, 5.41) is 12.4. The van der Waals surface area contributed by atoms with Crippen LogP contribution in [0.15, 0.2) is 18.2 Å². The second kappa shape index (κ2) is 4.57. The van der Waals surface area contributed by atoms with Gasteiger partial charge in [0.2, 0.25) is 0 Å². The van der Waals surface area contributed by atoms with Gasteiger partial charge in [0.25, 0.3) is 0 Å². The van der Waals surface area contributed by atoms with Gasteiger partial charge in [0.15, 0.2) is 5.82 Å². The number of nitrogen functional groups attached to an aromatic ring is 1. The smallest absolute Gasteiger partial charge is 0.182 e. The minimum absolute atomic E-state index is 0.146. The van der Waals surface area contributed by atoms with E-state index < -0.39 is 0 Å². The van der Waals surface area contributed by atoms with Gasteiger partial charge in [0.1, 0.15) is 0 Å². The standard InChI is InChI=1S/C12H16ClN5/c1-4-12(2,3)18-11(15-16-17-18)8-5-6-9(13)10(14)7-8/h5-7H,4,14H2,1-3H3. The fourth-order valence-corrected chi connectivity index (χ4v) is 1.73. The maximum atomic E-state index is 5.92. The third-order valence-corrected chi connectivity index (χ3v) is 3.51. The third-order valence-electron chi connectivity index (χ3n) is 3.16. The van der Waals surface area contributed by atoms with Gasteiger partial charge in [-0.25, -0.2) is 4.68 Å². The predicted molar refractivity (Wildman–Crippen MR) is 72.3 cm³/mol. The Morgan fingerprint density at radius 1 is 1.39 bits per heavy atom. The van der Waals surface area contributed by atoms with E-state index in [2.05, 4.69) is 36.3 Å². The van der Waals surface area contributed by atoms with Crippen molar-refractivity contribution in [3.63, 3.8) is 0 Å². The third kappa shape index (κ3) is 2.18. The molecule has 2 N–H and O–H groups in total. The second-order valence-electron chi connectivity index (χ2n) is 4.82. The lowest BCUT2D eigenvalue weighted by Crippen LogP contribution is -2.27. The van der Waals surface area contributed by atoms with E-state index in [1.165, 1.54) is 0 Å². The quantitative estimate of drug-likeness (QED) is 0.867. The van der Waals surface area contributed by atoms with Gasteiger partial charge in [0, 0.05) is 5.56 Å². The van der Waals surface area contributed by atoms with Crippen molar-refractivity contribution in [2.24, 2.45) is 0 Å². The highest BCUT2D eigenvalue weighted by molar-refractivity contribution is 6.33. The van der Waals surface area contributed by atoms with Gasteiger partial charge in [-0.3, -0.25) is 0 Å². The highest BCUT2D eigenvalue weighted by Crippen LogP contribution is 2.28. The Hall–Kier alpha value is -1.62. The monoisotopic (exact) mass is 265 g/mol. The van der Waals surface area contributed by atoms with E-state index in [9.17, 15) is 0 Å². The molecule has 0 radical (unpaired) electrons. The van der Waals surface area contributed by atoms with Crippen LogP contribution in [-0.2, 0) is 5.54 Å². The lowest BCUT2D eigenvalue weighted by Gasteiger charge is -2.23. The molecular weight excluding hydrogens is 250 g/mol. The summed E-state index contributed by atoms with van der Waals surface area (Å²) in [6.45, 7) is 6.28. The van der Waals surface area contributed by atoms with E-state index in [0.29, 0.717) is 16.5 Å². The molecule has 0 saturated carbocycles. The Morgan fingerprint density at radius 3 is 2.72 bits per heavy atom. The summed E-state index contributed by atoms with van der Waals surface area (Å²) in [5.74, 6) is 0.699. The van der Waals surface area contributed by atoms with Crippen molar-refractivity contribution >= 4 is 17.3 Å². The van der Waals surface area contributed by atoms with Crippen molar-refractivity contribution in [1.82, 2.24) is 20.2 Å². The van der Waals surface area contributed by atoms with Crippen molar-refractivity contribution in [1.29, 1.82) is 0 Å². The molecule has 0 amide bonds. The van der Waals surface area contributed by atoms with Crippen LogP contribution in [0.2, 0.25) is 5.02 Å².